The highest BCUT2D eigenvalue weighted by molar-refractivity contribution is 9.10. The summed E-state index contributed by atoms with van der Waals surface area (Å²) in [6.07, 6.45) is 0.797. The van der Waals surface area contributed by atoms with Crippen LogP contribution in [0.4, 0.5) is 0 Å². The third-order valence-electron chi connectivity index (χ3n) is 1.33. The van der Waals surface area contributed by atoms with E-state index >= 15 is 0 Å². The van der Waals surface area contributed by atoms with Gasteiger partial charge in [0.05, 0.1) is 6.61 Å². The van der Waals surface area contributed by atoms with Gasteiger partial charge in [-0.15, -0.1) is 0 Å². The van der Waals surface area contributed by atoms with E-state index in [4.69, 9.17) is 4.74 Å². The molecule has 3 heteroatoms. The Labute approximate surface area is 82.8 Å². The number of carbonyl (C=O) groups is 1. The SMILES string of the molecule is CCOC(=O)C(Br)CC(C)(C)C. The molecule has 0 fully saturated rings. The van der Waals surface area contributed by atoms with Crippen LogP contribution in [0.3, 0.4) is 0 Å². The predicted molar refractivity (Wildman–Crippen MR) is 53.4 cm³/mol. The van der Waals surface area contributed by atoms with Crippen LogP contribution in [0.25, 0.3) is 0 Å². The molecule has 0 rings (SSSR count). The molecule has 0 spiro atoms. The quantitative estimate of drug-likeness (QED) is 0.557. The first kappa shape index (κ1) is 11.9. The van der Waals surface area contributed by atoms with Crippen LogP contribution >= 0.6 is 15.9 Å². The van der Waals surface area contributed by atoms with Gasteiger partial charge in [0.1, 0.15) is 4.83 Å². The summed E-state index contributed by atoms with van der Waals surface area (Å²) in [6, 6.07) is 0. The Morgan fingerprint density at radius 2 is 2.00 bits per heavy atom. The van der Waals surface area contributed by atoms with Crippen molar-refractivity contribution < 1.29 is 9.53 Å². The number of rotatable bonds is 3. The van der Waals surface area contributed by atoms with Gasteiger partial charge in [0, 0.05) is 0 Å². The first-order valence-electron chi connectivity index (χ1n) is 4.17. The molecule has 0 N–H and O–H groups in total. The molecule has 0 saturated carbocycles. The molecule has 0 bridgehead atoms. The lowest BCUT2D eigenvalue weighted by atomic mass is 9.91. The van der Waals surface area contributed by atoms with Crippen molar-refractivity contribution in [2.75, 3.05) is 6.61 Å². The Morgan fingerprint density at radius 1 is 1.50 bits per heavy atom. The number of ether oxygens (including phenoxy) is 1. The molecule has 0 aliphatic heterocycles. The normalized spacial score (nSPS) is 14.1. The van der Waals surface area contributed by atoms with Gasteiger partial charge >= 0.3 is 5.97 Å². The number of halogens is 1. The molecule has 12 heavy (non-hydrogen) atoms. The van der Waals surface area contributed by atoms with E-state index in [0.717, 1.165) is 6.42 Å². The molecule has 0 aromatic rings. The number of carbonyl (C=O) groups excluding carboxylic acids is 1. The summed E-state index contributed by atoms with van der Waals surface area (Å²) in [5.41, 5.74) is 0.154. The van der Waals surface area contributed by atoms with Crippen LogP contribution < -0.4 is 0 Å². The monoisotopic (exact) mass is 236 g/mol. The summed E-state index contributed by atoms with van der Waals surface area (Å²) >= 11 is 3.31. The smallest absolute Gasteiger partial charge is 0.319 e. The average Bonchev–Trinajstić information content (AvgIpc) is 1.84. The van der Waals surface area contributed by atoms with Gasteiger partial charge < -0.3 is 4.74 Å². The molecule has 0 amide bonds. The summed E-state index contributed by atoms with van der Waals surface area (Å²) in [4.78, 5) is 11.0. The lowest BCUT2D eigenvalue weighted by Crippen LogP contribution is -2.23. The maximum absolute atomic E-state index is 11.2. The zero-order valence-corrected chi connectivity index (χ0v) is 9.77. The van der Waals surface area contributed by atoms with Gasteiger partial charge in [0.2, 0.25) is 0 Å². The minimum absolute atomic E-state index is 0.154. The van der Waals surface area contributed by atoms with Crippen LogP contribution in [-0.4, -0.2) is 17.4 Å². The molecule has 0 aliphatic rings. The van der Waals surface area contributed by atoms with Crippen LogP contribution in [0.15, 0.2) is 0 Å². The third-order valence-corrected chi connectivity index (χ3v) is 2.03. The summed E-state index contributed by atoms with van der Waals surface area (Å²) in [6.45, 7) is 8.56. The van der Waals surface area contributed by atoms with Crippen molar-refractivity contribution in [3.8, 4) is 0 Å². The Morgan fingerprint density at radius 3 is 2.33 bits per heavy atom. The fourth-order valence-corrected chi connectivity index (χ4v) is 1.96. The molecule has 0 radical (unpaired) electrons. The van der Waals surface area contributed by atoms with E-state index in [0.29, 0.717) is 6.61 Å². The topological polar surface area (TPSA) is 26.3 Å². The van der Waals surface area contributed by atoms with Gasteiger partial charge in [0.25, 0.3) is 0 Å². The fraction of sp³-hybridized carbons (Fsp3) is 0.889. The highest BCUT2D eigenvalue weighted by atomic mass is 79.9. The lowest BCUT2D eigenvalue weighted by molar-refractivity contribution is -0.142. The molecule has 0 saturated heterocycles. The van der Waals surface area contributed by atoms with Crippen molar-refractivity contribution in [2.24, 2.45) is 5.41 Å². The molecular weight excluding hydrogens is 220 g/mol. The molecule has 0 heterocycles. The third kappa shape index (κ3) is 5.58. The van der Waals surface area contributed by atoms with E-state index in [2.05, 4.69) is 36.7 Å². The lowest BCUT2D eigenvalue weighted by Gasteiger charge is -2.20. The Balaban J connectivity index is 3.87. The van der Waals surface area contributed by atoms with Crippen molar-refractivity contribution in [3.63, 3.8) is 0 Å². The largest absolute Gasteiger partial charge is 0.465 e. The number of esters is 1. The van der Waals surface area contributed by atoms with Gasteiger partial charge in [-0.05, 0) is 18.8 Å². The first-order chi connectivity index (χ1) is 5.37. The fourth-order valence-electron chi connectivity index (χ4n) is 0.854. The summed E-state index contributed by atoms with van der Waals surface area (Å²) in [5.74, 6) is -0.160. The Bertz CT molecular complexity index is 149. The highest BCUT2D eigenvalue weighted by Crippen LogP contribution is 2.25. The molecule has 0 aliphatic carbocycles. The van der Waals surface area contributed by atoms with Crippen molar-refractivity contribution >= 4 is 21.9 Å². The van der Waals surface area contributed by atoms with Crippen molar-refractivity contribution in [1.29, 1.82) is 0 Å². The molecule has 0 aromatic carbocycles. The van der Waals surface area contributed by atoms with E-state index in [1.807, 2.05) is 6.92 Å². The second-order valence-corrected chi connectivity index (χ2v) is 5.09. The Hall–Kier alpha value is -0.0500. The first-order valence-corrected chi connectivity index (χ1v) is 5.09. The van der Waals surface area contributed by atoms with Crippen molar-refractivity contribution in [1.82, 2.24) is 0 Å². The van der Waals surface area contributed by atoms with Crippen molar-refractivity contribution in [2.45, 2.75) is 38.9 Å². The second kappa shape index (κ2) is 4.85. The van der Waals surface area contributed by atoms with E-state index in [1.165, 1.54) is 0 Å². The summed E-state index contributed by atoms with van der Waals surface area (Å²) < 4.78 is 4.86. The van der Waals surface area contributed by atoms with Crippen LogP contribution in [0.5, 0.6) is 0 Å². The molecule has 1 atom stereocenters. The highest BCUT2D eigenvalue weighted by Gasteiger charge is 2.22. The minimum atomic E-state index is -0.169. The zero-order chi connectivity index (χ0) is 9.78. The van der Waals surface area contributed by atoms with E-state index in [1.54, 1.807) is 0 Å². The van der Waals surface area contributed by atoms with Crippen molar-refractivity contribution in [3.05, 3.63) is 0 Å². The molecule has 2 nitrogen and oxygen atoms in total. The second-order valence-electron chi connectivity index (χ2n) is 3.98. The van der Waals surface area contributed by atoms with Gasteiger partial charge in [-0.1, -0.05) is 36.7 Å². The van der Waals surface area contributed by atoms with Gasteiger partial charge in [0.15, 0.2) is 0 Å². The molecule has 72 valence electrons. The van der Waals surface area contributed by atoms with Gasteiger partial charge in [-0.25, -0.2) is 0 Å². The minimum Gasteiger partial charge on any atom is -0.465 e. The van der Waals surface area contributed by atoms with Crippen LogP contribution in [0, 0.1) is 5.41 Å². The van der Waals surface area contributed by atoms with Crippen LogP contribution in [0.1, 0.15) is 34.1 Å². The standard InChI is InChI=1S/C9H17BrO2/c1-5-12-8(11)7(10)6-9(2,3)4/h7H,5-6H2,1-4H3. The van der Waals surface area contributed by atoms with Crippen LogP contribution in [-0.2, 0) is 9.53 Å². The van der Waals surface area contributed by atoms with Gasteiger partial charge in [-0.3, -0.25) is 4.79 Å². The van der Waals surface area contributed by atoms with E-state index < -0.39 is 0 Å². The molecule has 0 aromatic heterocycles. The average molecular weight is 237 g/mol. The van der Waals surface area contributed by atoms with E-state index in [9.17, 15) is 4.79 Å². The summed E-state index contributed by atoms with van der Waals surface area (Å²) in [5, 5.41) is 0. The number of hydrogen-bond acceptors (Lipinski definition) is 2. The number of hydrogen-bond donors (Lipinski definition) is 0. The zero-order valence-electron chi connectivity index (χ0n) is 8.19. The number of alkyl halides is 1. The molecular formula is C9H17BrO2. The molecule has 1 unspecified atom stereocenters. The van der Waals surface area contributed by atoms with E-state index in [-0.39, 0.29) is 16.2 Å². The maximum Gasteiger partial charge on any atom is 0.319 e. The maximum atomic E-state index is 11.2. The summed E-state index contributed by atoms with van der Waals surface area (Å²) in [7, 11) is 0. The predicted octanol–water partition coefficient (Wildman–Crippen LogP) is 2.75. The Kier molecular flexibility index (Phi) is 4.83. The van der Waals surface area contributed by atoms with Crippen LogP contribution in [0.2, 0.25) is 0 Å². The van der Waals surface area contributed by atoms with Gasteiger partial charge in [-0.2, -0.15) is 0 Å².